The molecule has 0 aliphatic carbocycles. The summed E-state index contributed by atoms with van der Waals surface area (Å²) in [7, 11) is -4.13. The van der Waals surface area contributed by atoms with Gasteiger partial charge in [0.05, 0.1) is 25.2 Å². The minimum Gasteiger partial charge on any atom is -0.455 e. The summed E-state index contributed by atoms with van der Waals surface area (Å²) in [5.74, 6) is -1.44. The van der Waals surface area contributed by atoms with E-state index in [4.69, 9.17) is 29.0 Å². The first-order valence-electron chi connectivity index (χ1n) is 13.9. The van der Waals surface area contributed by atoms with Gasteiger partial charge in [-0.15, -0.1) is 0 Å². The fourth-order valence-electron chi connectivity index (χ4n) is 4.38. The predicted octanol–water partition coefficient (Wildman–Crippen LogP) is 2.82. The quantitative estimate of drug-likeness (QED) is 0.140. The Morgan fingerprint density at radius 1 is 1.17 bits per heavy atom. The first-order valence-corrected chi connectivity index (χ1v) is 16.5. The van der Waals surface area contributed by atoms with Gasteiger partial charge >= 0.3 is 25.4 Å². The van der Waals surface area contributed by atoms with Gasteiger partial charge in [-0.1, -0.05) is 49.5 Å². The number of nitrogens with one attached hydrogen (secondary N) is 1. The molecular formula is C29H43N4O11PS. The number of esters is 2. The molecule has 2 heterocycles. The molecule has 1 aromatic carbocycles. The van der Waals surface area contributed by atoms with Crippen LogP contribution >= 0.6 is 19.5 Å². The number of hydrogen-bond donors (Lipinski definition) is 3. The molecule has 0 radical (unpaired) electrons. The number of nitrogens with two attached hydrogens (primary N) is 1. The summed E-state index contributed by atoms with van der Waals surface area (Å²) < 4.78 is 43.6. The van der Waals surface area contributed by atoms with E-state index in [9.17, 15) is 28.8 Å². The molecule has 15 nitrogen and oxygen atoms in total. The van der Waals surface area contributed by atoms with E-state index in [1.165, 1.54) is 19.2 Å². The van der Waals surface area contributed by atoms with Gasteiger partial charge in [0.25, 0.3) is 0 Å². The molecule has 1 aliphatic rings. The second-order valence-corrected chi connectivity index (χ2v) is 13.9. The lowest BCUT2D eigenvalue weighted by atomic mass is 9.95. The molecule has 0 amide bonds. The smallest absolute Gasteiger partial charge is 0.405 e. The molecule has 1 unspecified atom stereocenters. The Kier molecular flexibility index (Phi) is 14.1. The summed E-state index contributed by atoms with van der Waals surface area (Å²) in [5, 5.41) is 12.0. The zero-order chi connectivity index (χ0) is 33.4. The zero-order valence-electron chi connectivity index (χ0n) is 25.7. The molecule has 1 aromatic heterocycles. The molecular weight excluding hydrogens is 643 g/mol. The van der Waals surface area contributed by atoms with Crippen molar-refractivity contribution in [2.45, 2.75) is 72.6 Å². The fourth-order valence-corrected chi connectivity index (χ4v) is 6.62. The third kappa shape index (κ3) is 10.2. The Labute approximate surface area is 272 Å². The summed E-state index contributed by atoms with van der Waals surface area (Å²) in [5.41, 5.74) is 2.86. The van der Waals surface area contributed by atoms with Gasteiger partial charge in [0, 0.05) is 32.3 Å². The van der Waals surface area contributed by atoms with Crippen LogP contribution in [0.25, 0.3) is 0 Å². The van der Waals surface area contributed by atoms with Crippen LogP contribution in [0.1, 0.15) is 53.8 Å². The first-order chi connectivity index (χ1) is 21.1. The number of nitrogens with zero attached hydrogens (tertiary/aromatic N) is 2. The molecule has 17 heteroatoms. The van der Waals surface area contributed by atoms with Crippen molar-refractivity contribution in [1.82, 2.24) is 14.6 Å². The zero-order valence-corrected chi connectivity index (χ0v) is 27.4. The molecule has 0 bridgehead atoms. The topological polar surface area (TPSA) is 208 Å². The molecule has 1 saturated heterocycles. The van der Waals surface area contributed by atoms with Gasteiger partial charge in [0.2, 0.25) is 0 Å². The molecule has 1 aliphatic heterocycles. The molecule has 4 N–H and O–H groups in total. The van der Waals surface area contributed by atoms with Gasteiger partial charge in [-0.05, 0) is 32.4 Å². The number of carbonyl (C=O) groups is 3. The summed E-state index contributed by atoms with van der Waals surface area (Å²) in [6, 6.07) is 10.4. The van der Waals surface area contributed by atoms with Crippen LogP contribution in [-0.2, 0) is 48.8 Å². The number of rotatable bonds is 15. The maximum Gasteiger partial charge on any atom is 0.405 e. The van der Waals surface area contributed by atoms with E-state index in [0.717, 1.165) is 35.7 Å². The van der Waals surface area contributed by atoms with Crippen LogP contribution in [0, 0.1) is 5.41 Å². The van der Waals surface area contributed by atoms with Crippen LogP contribution in [0.5, 0.6) is 0 Å². The normalized spacial score (nSPS) is 22.3. The minimum absolute atomic E-state index is 0. The number of ether oxygens (including phenoxy) is 3. The number of nitrogen functional groups attached to an aromatic ring is 1. The van der Waals surface area contributed by atoms with Gasteiger partial charge in [0.15, 0.2) is 23.0 Å². The fraction of sp³-hybridized carbons (Fsp3) is 0.552. The molecule has 46 heavy (non-hydrogen) atoms. The summed E-state index contributed by atoms with van der Waals surface area (Å²) in [4.78, 5) is 53.2. The number of aliphatic hydroxyl groups is 1. The largest absolute Gasteiger partial charge is 0.455 e. The predicted molar refractivity (Wildman–Crippen MR) is 170 cm³/mol. The lowest BCUT2D eigenvalue weighted by Crippen LogP contribution is -2.51. The van der Waals surface area contributed by atoms with Crippen molar-refractivity contribution in [3.8, 4) is 0 Å². The maximum absolute atomic E-state index is 13.9. The summed E-state index contributed by atoms with van der Waals surface area (Å²) >= 11 is 0.913. The van der Waals surface area contributed by atoms with Gasteiger partial charge in [-0.3, -0.25) is 28.0 Å². The highest BCUT2D eigenvalue weighted by Gasteiger charge is 2.60. The lowest BCUT2D eigenvalue weighted by molar-refractivity contribution is -0.185. The van der Waals surface area contributed by atoms with Crippen molar-refractivity contribution < 1.29 is 47.3 Å². The molecule has 1 fully saturated rings. The molecule has 3 rings (SSSR count). The number of carbonyl (C=O) groups excluding carboxylic acids is 3. The van der Waals surface area contributed by atoms with E-state index in [1.54, 1.807) is 38.1 Å². The van der Waals surface area contributed by atoms with Crippen molar-refractivity contribution in [3.05, 3.63) is 58.6 Å². The molecule has 256 valence electrons. The van der Waals surface area contributed by atoms with Crippen molar-refractivity contribution in [2.24, 2.45) is 5.41 Å². The third-order valence-corrected chi connectivity index (χ3v) is 9.45. The van der Waals surface area contributed by atoms with E-state index in [0.29, 0.717) is 0 Å². The van der Waals surface area contributed by atoms with Gasteiger partial charge in [-0.2, -0.15) is 4.98 Å². The molecule has 2 aromatic rings. The number of aromatic nitrogens is 2. The van der Waals surface area contributed by atoms with Crippen molar-refractivity contribution in [3.63, 3.8) is 0 Å². The third-order valence-electron chi connectivity index (χ3n) is 6.71. The number of aliphatic hydroxyl groups excluding tert-OH is 1. The van der Waals surface area contributed by atoms with E-state index < -0.39 is 61.4 Å². The Morgan fingerprint density at radius 3 is 2.43 bits per heavy atom. The second-order valence-electron chi connectivity index (χ2n) is 11.0. The Hall–Kier alpha value is -3.11. The highest BCUT2D eigenvalue weighted by Crippen LogP contribution is 2.48. The lowest BCUT2D eigenvalue weighted by Gasteiger charge is -2.34. The van der Waals surface area contributed by atoms with E-state index >= 15 is 0 Å². The van der Waals surface area contributed by atoms with Crippen molar-refractivity contribution >= 4 is 42.4 Å². The van der Waals surface area contributed by atoms with Gasteiger partial charge in [-0.25, -0.2) is 14.4 Å². The number of anilines is 1. The van der Waals surface area contributed by atoms with Crippen LogP contribution in [0.2, 0.25) is 0 Å². The van der Waals surface area contributed by atoms with Crippen LogP contribution < -0.4 is 16.5 Å². The van der Waals surface area contributed by atoms with E-state index in [1.807, 2.05) is 6.07 Å². The number of benzene rings is 1. The summed E-state index contributed by atoms with van der Waals surface area (Å²) in [6.07, 6.45) is -2.61. The Morgan fingerprint density at radius 2 is 1.85 bits per heavy atom. The van der Waals surface area contributed by atoms with Crippen LogP contribution in [0.3, 0.4) is 0 Å². The van der Waals surface area contributed by atoms with Crippen LogP contribution in [0.4, 0.5) is 5.82 Å². The highest BCUT2D eigenvalue weighted by atomic mass is 32.2. The van der Waals surface area contributed by atoms with E-state index in [2.05, 4.69) is 10.1 Å². The van der Waals surface area contributed by atoms with Crippen molar-refractivity contribution in [1.29, 1.82) is 0 Å². The minimum atomic E-state index is -4.13. The Bertz CT molecular complexity index is 1460. The van der Waals surface area contributed by atoms with Gasteiger partial charge < -0.3 is 25.1 Å². The van der Waals surface area contributed by atoms with Crippen LogP contribution in [-0.4, -0.2) is 75.1 Å². The standard InChI is InChI=1S/C28H39N4O11PS.CH4/c1-18(34)41-23-21(42-24(28(23,5)43-19(2)35)32-12-11-22(29)31-26(32)37)16-40-44(38,30-15-20-9-7-6-8-10-20)39-13-14-45-25(36)27(3,4)17-33;/h6-12,21,23-24,33H,13-17H2,1-5H3,(H,30,38)(H2,29,31,37);1H4/t21-,23-,24-,28-,44?;/m1./s1. The van der Waals surface area contributed by atoms with Crippen molar-refractivity contribution in [2.75, 3.05) is 31.3 Å². The second kappa shape index (κ2) is 16.6. The SMILES string of the molecule is C.CC(=O)O[C@@H]1[C@@H](COP(=O)(NCc2ccccc2)OCCSC(=O)C(C)(C)CO)O[C@@H](n2ccc(N)nc2=O)[C@]1(C)OC(C)=O. The average molecular weight is 687 g/mol. The number of thioether (sulfide) groups is 1. The molecule has 5 atom stereocenters. The molecule has 0 saturated carbocycles. The first kappa shape index (κ1) is 39.1. The van der Waals surface area contributed by atoms with E-state index in [-0.39, 0.29) is 43.9 Å². The summed E-state index contributed by atoms with van der Waals surface area (Å²) in [6.45, 7) is 5.97. The average Bonchev–Trinajstić information content (AvgIpc) is 3.23. The van der Waals surface area contributed by atoms with Crippen LogP contribution in [0.15, 0.2) is 47.4 Å². The Balaban J connectivity index is 0.00000736. The number of hydrogen-bond acceptors (Lipinski definition) is 14. The monoisotopic (exact) mass is 686 g/mol. The maximum atomic E-state index is 13.9. The molecule has 0 spiro atoms. The highest BCUT2D eigenvalue weighted by molar-refractivity contribution is 8.13. The van der Waals surface area contributed by atoms with Gasteiger partial charge in [0.1, 0.15) is 11.9 Å².